The van der Waals surface area contributed by atoms with Gasteiger partial charge in [-0.25, -0.2) is 4.98 Å². The lowest BCUT2D eigenvalue weighted by molar-refractivity contribution is -0.137. The van der Waals surface area contributed by atoms with Gasteiger partial charge in [0.25, 0.3) is 0 Å². The maximum atomic E-state index is 10.9. The van der Waals surface area contributed by atoms with E-state index in [2.05, 4.69) is 16.4 Å². The maximum absolute atomic E-state index is 10.9. The number of aromatic nitrogens is 1. The number of hydrogen-bond acceptors (Lipinski definition) is 4. The molecule has 0 aliphatic carbocycles. The van der Waals surface area contributed by atoms with Crippen molar-refractivity contribution in [3.05, 3.63) is 59.3 Å². The molecule has 2 rings (SSSR count). The number of carboxylic acid groups (broad SMARTS) is 1. The topological polar surface area (TPSA) is 86.0 Å². The zero-order valence-corrected chi connectivity index (χ0v) is 13.0. The Hall–Kier alpha value is -2.87. The molecule has 118 valence electrons. The summed E-state index contributed by atoms with van der Waals surface area (Å²) in [5.74, 6) is -0.318. The number of anilines is 1. The Morgan fingerprint density at radius 2 is 2.09 bits per heavy atom. The van der Waals surface area contributed by atoms with E-state index in [1.54, 1.807) is 12.3 Å². The summed E-state index contributed by atoms with van der Waals surface area (Å²) in [6.45, 7) is 1.86. The third-order valence-electron chi connectivity index (χ3n) is 3.64. The van der Waals surface area contributed by atoms with E-state index in [0.717, 1.165) is 11.1 Å². The number of rotatable bonds is 7. The number of aliphatic carboxylic acids is 1. The molecule has 0 saturated carbocycles. The van der Waals surface area contributed by atoms with Gasteiger partial charge in [0.05, 0.1) is 5.56 Å². The Morgan fingerprint density at radius 3 is 2.74 bits per heavy atom. The second kappa shape index (κ2) is 7.95. The quantitative estimate of drug-likeness (QED) is 0.820. The van der Waals surface area contributed by atoms with Gasteiger partial charge in [0.1, 0.15) is 11.9 Å². The predicted molar refractivity (Wildman–Crippen MR) is 88.1 cm³/mol. The van der Waals surface area contributed by atoms with Crippen LogP contribution in [0, 0.1) is 18.3 Å². The molecule has 1 aromatic carbocycles. The average Bonchev–Trinajstić information content (AvgIpc) is 2.54. The van der Waals surface area contributed by atoms with Crippen LogP contribution >= 0.6 is 0 Å². The molecule has 1 heterocycles. The lowest BCUT2D eigenvalue weighted by Gasteiger charge is -2.20. The summed E-state index contributed by atoms with van der Waals surface area (Å²) in [6, 6.07) is 13.7. The van der Waals surface area contributed by atoms with Crippen molar-refractivity contribution in [3.63, 3.8) is 0 Å². The van der Waals surface area contributed by atoms with Crippen LogP contribution in [0.4, 0.5) is 5.82 Å². The molecule has 0 amide bonds. The minimum absolute atomic E-state index is 0.0677. The van der Waals surface area contributed by atoms with Gasteiger partial charge >= 0.3 is 5.97 Å². The molecule has 0 aliphatic heterocycles. The zero-order valence-electron chi connectivity index (χ0n) is 13.0. The molecule has 0 radical (unpaired) electrons. The van der Waals surface area contributed by atoms with Crippen molar-refractivity contribution >= 4 is 11.8 Å². The van der Waals surface area contributed by atoms with Gasteiger partial charge < -0.3 is 10.4 Å². The van der Waals surface area contributed by atoms with E-state index in [1.165, 1.54) is 0 Å². The summed E-state index contributed by atoms with van der Waals surface area (Å²) in [4.78, 5) is 15.1. The summed E-state index contributed by atoms with van der Waals surface area (Å²) < 4.78 is 0. The van der Waals surface area contributed by atoms with Crippen LogP contribution in [0.5, 0.6) is 0 Å². The lowest BCUT2D eigenvalue weighted by Crippen LogP contribution is -2.24. The molecule has 5 nitrogen and oxygen atoms in total. The molecular formula is C18H19N3O2. The van der Waals surface area contributed by atoms with Crippen LogP contribution in [0.1, 0.15) is 29.5 Å². The molecular weight excluding hydrogens is 290 g/mol. The fourth-order valence-corrected chi connectivity index (χ4v) is 2.42. The average molecular weight is 309 g/mol. The molecule has 1 aromatic heterocycles. The van der Waals surface area contributed by atoms with Gasteiger partial charge in [-0.1, -0.05) is 30.3 Å². The fraction of sp³-hybridized carbons (Fsp3) is 0.278. The van der Waals surface area contributed by atoms with Crippen molar-refractivity contribution < 1.29 is 9.90 Å². The van der Waals surface area contributed by atoms with Crippen LogP contribution < -0.4 is 5.32 Å². The largest absolute Gasteiger partial charge is 0.481 e. The van der Waals surface area contributed by atoms with Gasteiger partial charge in [-0.05, 0) is 37.0 Å². The van der Waals surface area contributed by atoms with Gasteiger partial charge in [0.2, 0.25) is 0 Å². The van der Waals surface area contributed by atoms with Gasteiger partial charge in [-0.15, -0.1) is 0 Å². The summed E-state index contributed by atoms with van der Waals surface area (Å²) in [6.07, 6.45) is 2.85. The highest BCUT2D eigenvalue weighted by Gasteiger charge is 2.15. The second-order valence-electron chi connectivity index (χ2n) is 5.43. The monoisotopic (exact) mass is 309 g/mol. The van der Waals surface area contributed by atoms with E-state index in [0.29, 0.717) is 24.2 Å². The first-order valence-electron chi connectivity index (χ1n) is 7.48. The summed E-state index contributed by atoms with van der Waals surface area (Å²) in [5, 5.41) is 21.5. The number of pyridine rings is 1. The van der Waals surface area contributed by atoms with Crippen LogP contribution in [0.3, 0.4) is 0 Å². The predicted octanol–water partition coefficient (Wildman–Crippen LogP) is 3.15. The van der Waals surface area contributed by atoms with Crippen LogP contribution in [0.25, 0.3) is 0 Å². The summed E-state index contributed by atoms with van der Waals surface area (Å²) in [5.41, 5.74) is 2.46. The molecule has 1 atom stereocenters. The normalized spacial score (nSPS) is 11.5. The van der Waals surface area contributed by atoms with E-state index in [-0.39, 0.29) is 12.5 Å². The van der Waals surface area contributed by atoms with Crippen molar-refractivity contribution in [1.29, 1.82) is 5.26 Å². The van der Waals surface area contributed by atoms with Crippen LogP contribution in [-0.2, 0) is 11.2 Å². The van der Waals surface area contributed by atoms with Gasteiger partial charge in [0, 0.05) is 18.7 Å². The molecule has 0 fully saturated rings. The minimum atomic E-state index is -0.831. The van der Waals surface area contributed by atoms with E-state index in [4.69, 9.17) is 5.11 Å². The molecule has 23 heavy (non-hydrogen) atoms. The number of nitrogens with zero attached hydrogens (tertiary/aromatic N) is 2. The highest BCUT2D eigenvalue weighted by atomic mass is 16.4. The van der Waals surface area contributed by atoms with Crippen LogP contribution in [0.2, 0.25) is 0 Å². The number of nitrogens with one attached hydrogen (secondary N) is 1. The third-order valence-corrected chi connectivity index (χ3v) is 3.64. The van der Waals surface area contributed by atoms with Crippen LogP contribution in [-0.4, -0.2) is 22.1 Å². The zero-order chi connectivity index (χ0) is 16.7. The molecule has 2 aromatic rings. The third kappa shape index (κ3) is 4.82. The first kappa shape index (κ1) is 16.5. The SMILES string of the molecule is Cc1ccnc(NC(CCC(=O)O)Cc2ccccc2)c1C#N. The Morgan fingerprint density at radius 1 is 1.35 bits per heavy atom. The fourth-order valence-electron chi connectivity index (χ4n) is 2.42. The first-order valence-corrected chi connectivity index (χ1v) is 7.48. The highest BCUT2D eigenvalue weighted by Crippen LogP contribution is 2.19. The Balaban J connectivity index is 2.19. The molecule has 1 unspecified atom stereocenters. The van der Waals surface area contributed by atoms with Gasteiger partial charge in [0.15, 0.2) is 0 Å². The molecule has 0 saturated heterocycles. The second-order valence-corrected chi connectivity index (χ2v) is 5.43. The number of carbonyl (C=O) groups is 1. The smallest absolute Gasteiger partial charge is 0.303 e. The Kier molecular flexibility index (Phi) is 5.70. The Labute approximate surface area is 135 Å². The van der Waals surface area contributed by atoms with Gasteiger partial charge in [-0.3, -0.25) is 4.79 Å². The summed E-state index contributed by atoms with van der Waals surface area (Å²) >= 11 is 0. The molecule has 2 N–H and O–H groups in total. The highest BCUT2D eigenvalue weighted by molar-refractivity contribution is 5.66. The van der Waals surface area contributed by atoms with E-state index in [9.17, 15) is 10.1 Å². The minimum Gasteiger partial charge on any atom is -0.481 e. The van der Waals surface area contributed by atoms with Crippen molar-refractivity contribution in [2.45, 2.75) is 32.2 Å². The van der Waals surface area contributed by atoms with Crippen LogP contribution in [0.15, 0.2) is 42.6 Å². The number of nitriles is 1. The van der Waals surface area contributed by atoms with Crippen molar-refractivity contribution in [2.75, 3.05) is 5.32 Å². The van der Waals surface area contributed by atoms with E-state index >= 15 is 0 Å². The van der Waals surface area contributed by atoms with Crippen molar-refractivity contribution in [1.82, 2.24) is 4.98 Å². The van der Waals surface area contributed by atoms with Crippen molar-refractivity contribution in [3.8, 4) is 6.07 Å². The lowest BCUT2D eigenvalue weighted by atomic mass is 10.0. The van der Waals surface area contributed by atoms with E-state index in [1.807, 2.05) is 37.3 Å². The standard InChI is InChI=1S/C18H19N3O2/c1-13-9-10-20-18(16(13)12-19)21-15(7-8-17(22)23)11-14-5-3-2-4-6-14/h2-6,9-10,15H,7-8,11H2,1H3,(H,20,21)(H,22,23). The number of hydrogen-bond donors (Lipinski definition) is 2. The summed E-state index contributed by atoms with van der Waals surface area (Å²) in [7, 11) is 0. The van der Waals surface area contributed by atoms with Crippen molar-refractivity contribution in [2.24, 2.45) is 0 Å². The molecule has 0 aliphatic rings. The van der Waals surface area contributed by atoms with Gasteiger partial charge in [-0.2, -0.15) is 5.26 Å². The molecule has 0 bridgehead atoms. The Bertz CT molecular complexity index is 708. The maximum Gasteiger partial charge on any atom is 0.303 e. The number of aryl methyl sites for hydroxylation is 1. The number of benzene rings is 1. The van der Waals surface area contributed by atoms with E-state index < -0.39 is 5.97 Å². The molecule has 0 spiro atoms. The number of carboxylic acids is 1. The molecule has 5 heteroatoms. The first-order chi connectivity index (χ1) is 11.1.